The van der Waals surface area contributed by atoms with Crippen molar-refractivity contribution in [3.05, 3.63) is 45.9 Å². The van der Waals surface area contributed by atoms with Crippen molar-refractivity contribution < 1.29 is 0 Å². The van der Waals surface area contributed by atoms with Crippen molar-refractivity contribution in [3.63, 3.8) is 0 Å². The molecule has 0 aliphatic heterocycles. The van der Waals surface area contributed by atoms with E-state index in [0.29, 0.717) is 11.4 Å². The molecule has 0 atom stereocenters. The lowest BCUT2D eigenvalue weighted by Gasteiger charge is -2.16. The molecule has 0 aliphatic carbocycles. The maximum absolute atomic E-state index is 6.15. The Hall–Kier alpha value is -2.10. The summed E-state index contributed by atoms with van der Waals surface area (Å²) in [7, 11) is 6.15. The van der Waals surface area contributed by atoms with Crippen LogP contribution in [0.2, 0.25) is 0 Å². The highest BCUT2D eigenvalue weighted by molar-refractivity contribution is 6.37. The minimum atomic E-state index is 0.560. The van der Waals surface area contributed by atoms with Crippen molar-refractivity contribution in [2.45, 2.75) is 41.5 Å². The SMILES string of the molecule is [B]c1nc(C)nc2c1c(C)c(C)n2-c1c(C)cc(C)cc1C. The number of fused-ring (bicyclic) bond motifs is 1. The average molecular weight is 289 g/mol. The summed E-state index contributed by atoms with van der Waals surface area (Å²) in [4.78, 5) is 8.99. The number of nitrogens with zero attached hydrogens (tertiary/aromatic N) is 3. The Balaban J connectivity index is 2.50. The first-order valence-electron chi connectivity index (χ1n) is 7.51. The predicted octanol–water partition coefficient (Wildman–Crippen LogP) is 3.06. The lowest BCUT2D eigenvalue weighted by molar-refractivity contribution is 0.975. The van der Waals surface area contributed by atoms with Crippen LogP contribution in [-0.2, 0) is 0 Å². The molecule has 0 unspecified atom stereocenters. The van der Waals surface area contributed by atoms with Gasteiger partial charge in [0.1, 0.15) is 19.3 Å². The van der Waals surface area contributed by atoms with E-state index in [2.05, 4.69) is 61.3 Å². The van der Waals surface area contributed by atoms with Gasteiger partial charge in [0, 0.05) is 16.7 Å². The van der Waals surface area contributed by atoms with Crippen molar-refractivity contribution in [3.8, 4) is 5.69 Å². The second-order valence-corrected chi connectivity index (χ2v) is 6.15. The maximum Gasteiger partial charge on any atom is 0.148 e. The predicted molar refractivity (Wildman–Crippen MR) is 92.7 cm³/mol. The third-order valence-corrected chi connectivity index (χ3v) is 4.35. The molecule has 3 nitrogen and oxygen atoms in total. The fourth-order valence-corrected chi connectivity index (χ4v) is 3.41. The van der Waals surface area contributed by atoms with E-state index in [9.17, 15) is 0 Å². The van der Waals surface area contributed by atoms with Gasteiger partial charge in [0.15, 0.2) is 0 Å². The summed E-state index contributed by atoms with van der Waals surface area (Å²) in [6.45, 7) is 12.5. The number of hydrogen-bond donors (Lipinski definition) is 0. The summed E-state index contributed by atoms with van der Waals surface area (Å²) < 4.78 is 2.22. The molecule has 1 aromatic carbocycles. The van der Waals surface area contributed by atoms with E-state index in [4.69, 9.17) is 7.85 Å². The standard InChI is InChI=1S/C18H20BN3/c1-9-7-10(2)16(11(3)8-9)22-13(5)12(4)15-17(19)20-14(6)21-18(15)22/h7-8H,1-6H3. The molecule has 0 N–H and O–H groups in total. The van der Waals surface area contributed by atoms with E-state index in [1.165, 1.54) is 22.4 Å². The van der Waals surface area contributed by atoms with Crippen molar-refractivity contribution in [2.75, 3.05) is 0 Å². The van der Waals surface area contributed by atoms with Gasteiger partial charge < -0.3 is 0 Å². The molecule has 3 aromatic rings. The first kappa shape index (κ1) is 14.8. The van der Waals surface area contributed by atoms with E-state index in [1.54, 1.807) is 0 Å². The molecular formula is C18H20BN3. The molecule has 0 bridgehead atoms. The fraction of sp³-hybridized carbons (Fsp3) is 0.333. The van der Waals surface area contributed by atoms with E-state index in [1.807, 2.05) is 6.92 Å². The quantitative estimate of drug-likeness (QED) is 0.645. The zero-order valence-electron chi connectivity index (χ0n) is 14.1. The van der Waals surface area contributed by atoms with Crippen LogP contribution in [0.1, 0.15) is 33.8 Å². The van der Waals surface area contributed by atoms with Gasteiger partial charge in [-0.25, -0.2) is 9.97 Å². The molecule has 0 saturated heterocycles. The minimum Gasteiger partial charge on any atom is -0.298 e. The average Bonchev–Trinajstić information content (AvgIpc) is 2.62. The van der Waals surface area contributed by atoms with Crippen molar-refractivity contribution in [1.82, 2.24) is 14.5 Å². The van der Waals surface area contributed by atoms with Crippen LogP contribution in [0.3, 0.4) is 0 Å². The molecule has 2 radical (unpaired) electrons. The smallest absolute Gasteiger partial charge is 0.148 e. The highest BCUT2D eigenvalue weighted by Gasteiger charge is 2.18. The van der Waals surface area contributed by atoms with Crippen molar-refractivity contribution in [1.29, 1.82) is 0 Å². The van der Waals surface area contributed by atoms with Gasteiger partial charge in [0.2, 0.25) is 0 Å². The molecule has 0 amide bonds. The minimum absolute atomic E-state index is 0.560. The molecule has 22 heavy (non-hydrogen) atoms. The van der Waals surface area contributed by atoms with E-state index >= 15 is 0 Å². The number of benzene rings is 1. The third kappa shape index (κ3) is 2.05. The second-order valence-electron chi connectivity index (χ2n) is 6.15. The summed E-state index contributed by atoms with van der Waals surface area (Å²) in [5, 5.41) is 0.961. The molecular weight excluding hydrogens is 269 g/mol. The summed E-state index contributed by atoms with van der Waals surface area (Å²) in [5.74, 6) is 0.700. The van der Waals surface area contributed by atoms with Gasteiger partial charge in [0.25, 0.3) is 0 Å². The van der Waals surface area contributed by atoms with Crippen LogP contribution < -0.4 is 5.59 Å². The van der Waals surface area contributed by atoms with Gasteiger partial charge >= 0.3 is 0 Å². The number of aromatic nitrogens is 3. The molecule has 2 heterocycles. The zero-order valence-corrected chi connectivity index (χ0v) is 14.1. The van der Waals surface area contributed by atoms with Crippen molar-refractivity contribution in [2.24, 2.45) is 0 Å². The van der Waals surface area contributed by atoms with Gasteiger partial charge in [-0.2, -0.15) is 0 Å². The third-order valence-electron chi connectivity index (χ3n) is 4.35. The van der Waals surface area contributed by atoms with Crippen LogP contribution in [0.25, 0.3) is 16.7 Å². The van der Waals surface area contributed by atoms with Crippen LogP contribution in [0.4, 0.5) is 0 Å². The first-order valence-corrected chi connectivity index (χ1v) is 7.51. The monoisotopic (exact) mass is 289 g/mol. The molecule has 0 fully saturated rings. The van der Waals surface area contributed by atoms with Crippen LogP contribution in [0.5, 0.6) is 0 Å². The second kappa shape index (κ2) is 4.97. The van der Waals surface area contributed by atoms with Gasteiger partial charge in [0.05, 0.1) is 5.69 Å². The summed E-state index contributed by atoms with van der Waals surface area (Å²) >= 11 is 0. The normalized spacial score (nSPS) is 11.4. The van der Waals surface area contributed by atoms with Gasteiger partial charge in [-0.15, -0.1) is 0 Å². The summed E-state index contributed by atoms with van der Waals surface area (Å²) in [6.07, 6.45) is 0. The van der Waals surface area contributed by atoms with E-state index in [0.717, 1.165) is 22.3 Å². The molecule has 0 aliphatic rings. The Bertz CT molecular complexity index is 884. The van der Waals surface area contributed by atoms with Crippen LogP contribution in [-0.4, -0.2) is 22.4 Å². The lowest BCUT2D eigenvalue weighted by atomic mass is 9.98. The Kier molecular flexibility index (Phi) is 3.35. The molecule has 110 valence electrons. The maximum atomic E-state index is 6.15. The van der Waals surface area contributed by atoms with Crippen LogP contribution in [0.15, 0.2) is 12.1 Å². The molecule has 2 aromatic heterocycles. The molecule has 3 rings (SSSR count). The van der Waals surface area contributed by atoms with Crippen LogP contribution >= 0.6 is 0 Å². The lowest BCUT2D eigenvalue weighted by Crippen LogP contribution is -2.13. The molecule has 0 spiro atoms. The zero-order chi connectivity index (χ0) is 16.2. The highest BCUT2D eigenvalue weighted by atomic mass is 15.1. The summed E-state index contributed by atoms with van der Waals surface area (Å²) in [5.41, 5.74) is 8.72. The number of hydrogen-bond acceptors (Lipinski definition) is 2. The Morgan fingerprint density at radius 1 is 0.909 bits per heavy atom. The molecule has 0 saturated carbocycles. The largest absolute Gasteiger partial charge is 0.298 e. The Morgan fingerprint density at radius 2 is 1.50 bits per heavy atom. The van der Waals surface area contributed by atoms with Crippen LogP contribution in [0, 0.1) is 41.5 Å². The van der Waals surface area contributed by atoms with E-state index in [-0.39, 0.29) is 0 Å². The molecule has 4 heteroatoms. The topological polar surface area (TPSA) is 30.7 Å². The summed E-state index contributed by atoms with van der Waals surface area (Å²) in [6, 6.07) is 4.42. The fourth-order valence-electron chi connectivity index (χ4n) is 3.41. The highest BCUT2D eigenvalue weighted by Crippen LogP contribution is 2.30. The number of aryl methyl sites for hydroxylation is 5. The Labute approximate surface area is 132 Å². The Morgan fingerprint density at radius 3 is 2.09 bits per heavy atom. The van der Waals surface area contributed by atoms with Gasteiger partial charge in [-0.1, -0.05) is 17.7 Å². The first-order chi connectivity index (χ1) is 10.3. The van der Waals surface area contributed by atoms with E-state index < -0.39 is 0 Å². The number of rotatable bonds is 1. The van der Waals surface area contributed by atoms with Gasteiger partial charge in [-0.3, -0.25) is 4.57 Å². The van der Waals surface area contributed by atoms with Gasteiger partial charge in [-0.05, 0) is 58.2 Å². The van der Waals surface area contributed by atoms with Crippen molar-refractivity contribution >= 4 is 24.5 Å².